The van der Waals surface area contributed by atoms with Gasteiger partial charge in [0.05, 0.1) is 55.7 Å². The number of morpholine rings is 1. The Labute approximate surface area is 245 Å². The van der Waals surface area contributed by atoms with Gasteiger partial charge in [0.15, 0.2) is 11.5 Å². The number of nitrogens with zero attached hydrogens (tertiary/aromatic N) is 2. The molecule has 14 heteroatoms. The Hall–Kier alpha value is -3.85. The maximum Gasteiger partial charge on any atom is 0.264 e. The van der Waals surface area contributed by atoms with Gasteiger partial charge < -0.3 is 24.3 Å². The van der Waals surface area contributed by atoms with Gasteiger partial charge in [-0.3, -0.25) is 9.10 Å². The summed E-state index contributed by atoms with van der Waals surface area (Å²) in [4.78, 5) is 13.4. The van der Waals surface area contributed by atoms with Crippen molar-refractivity contribution in [1.82, 2.24) is 4.31 Å². The van der Waals surface area contributed by atoms with Crippen LogP contribution in [0.5, 0.6) is 17.2 Å². The minimum absolute atomic E-state index is 0.0214. The number of anilines is 2. The largest absolute Gasteiger partial charge is 0.495 e. The second kappa shape index (κ2) is 13.0. The monoisotopic (exact) mass is 619 g/mol. The van der Waals surface area contributed by atoms with E-state index in [2.05, 4.69) is 5.32 Å². The first kappa shape index (κ1) is 31.1. The lowest BCUT2D eigenvalue weighted by Crippen LogP contribution is -2.40. The van der Waals surface area contributed by atoms with Crippen LogP contribution < -0.4 is 23.8 Å². The molecule has 0 spiro atoms. The fourth-order valence-corrected chi connectivity index (χ4v) is 7.18. The van der Waals surface area contributed by atoms with Gasteiger partial charge in [0.1, 0.15) is 12.3 Å². The molecule has 1 N–H and O–H groups in total. The maximum absolute atomic E-state index is 13.8. The van der Waals surface area contributed by atoms with Crippen LogP contribution in [0.1, 0.15) is 5.56 Å². The van der Waals surface area contributed by atoms with Crippen LogP contribution >= 0.6 is 0 Å². The van der Waals surface area contributed by atoms with E-state index < -0.39 is 32.5 Å². The van der Waals surface area contributed by atoms with Gasteiger partial charge in [-0.15, -0.1) is 0 Å². The first-order valence-electron chi connectivity index (χ1n) is 12.9. The van der Waals surface area contributed by atoms with Crippen LogP contribution in [0.3, 0.4) is 0 Å². The van der Waals surface area contributed by atoms with E-state index in [-0.39, 0.29) is 59.0 Å². The highest BCUT2D eigenvalue weighted by Gasteiger charge is 2.30. The summed E-state index contributed by atoms with van der Waals surface area (Å²) in [6.45, 7) is 2.15. The van der Waals surface area contributed by atoms with Crippen molar-refractivity contribution in [2.75, 3.05) is 63.8 Å². The van der Waals surface area contributed by atoms with Gasteiger partial charge in [0.25, 0.3) is 10.0 Å². The molecule has 0 radical (unpaired) electrons. The molecule has 1 heterocycles. The van der Waals surface area contributed by atoms with Crippen molar-refractivity contribution in [3.63, 3.8) is 0 Å². The third-order valence-electron chi connectivity index (χ3n) is 6.60. The standard InChI is InChI=1S/C28H33N3O9S2/c1-20-5-8-22(9-6-20)42(35,36)31(21-7-11-26(38-3)27(17-21)39-4)19-28(32)29-24-18-23(10-12-25(24)37-2)41(33,34)30-13-15-40-16-14-30/h5-12,17-18H,13-16,19H2,1-4H3,(H,29,32). The molecule has 3 aromatic rings. The number of carbonyl (C=O) groups excluding carboxylic acids is 1. The molecular formula is C28H33N3O9S2. The number of hydrogen-bond acceptors (Lipinski definition) is 9. The predicted octanol–water partition coefficient (Wildman–Crippen LogP) is 2.88. The predicted molar refractivity (Wildman–Crippen MR) is 156 cm³/mol. The highest BCUT2D eigenvalue weighted by Crippen LogP contribution is 2.34. The number of nitrogens with one attached hydrogen (secondary N) is 1. The Morgan fingerprint density at radius 2 is 1.43 bits per heavy atom. The second-order valence-electron chi connectivity index (χ2n) is 9.29. The number of ether oxygens (including phenoxy) is 4. The molecular weight excluding hydrogens is 586 g/mol. The normalized spacial score (nSPS) is 14.2. The summed E-state index contributed by atoms with van der Waals surface area (Å²) in [6, 6.07) is 14.8. The Morgan fingerprint density at radius 1 is 0.833 bits per heavy atom. The topological polar surface area (TPSA) is 141 Å². The molecule has 226 valence electrons. The van der Waals surface area contributed by atoms with E-state index in [0.717, 1.165) is 9.87 Å². The molecule has 1 fully saturated rings. The van der Waals surface area contributed by atoms with Crippen molar-refractivity contribution in [2.45, 2.75) is 16.7 Å². The zero-order chi connectivity index (χ0) is 30.5. The first-order valence-corrected chi connectivity index (χ1v) is 15.8. The van der Waals surface area contributed by atoms with Gasteiger partial charge in [0.2, 0.25) is 15.9 Å². The lowest BCUT2D eigenvalue weighted by molar-refractivity contribution is -0.114. The van der Waals surface area contributed by atoms with Crippen molar-refractivity contribution in [2.24, 2.45) is 0 Å². The van der Waals surface area contributed by atoms with E-state index in [4.69, 9.17) is 18.9 Å². The molecule has 1 aliphatic heterocycles. The van der Waals surface area contributed by atoms with Crippen LogP contribution in [0.15, 0.2) is 70.5 Å². The zero-order valence-electron chi connectivity index (χ0n) is 23.7. The summed E-state index contributed by atoms with van der Waals surface area (Å²) in [7, 11) is -3.87. The number of carbonyl (C=O) groups is 1. The molecule has 0 aliphatic carbocycles. The molecule has 4 rings (SSSR count). The fraction of sp³-hybridized carbons (Fsp3) is 0.321. The Morgan fingerprint density at radius 3 is 2.05 bits per heavy atom. The smallest absolute Gasteiger partial charge is 0.264 e. The maximum atomic E-state index is 13.8. The van der Waals surface area contributed by atoms with E-state index in [0.29, 0.717) is 5.75 Å². The quantitative estimate of drug-likeness (QED) is 0.343. The summed E-state index contributed by atoms with van der Waals surface area (Å²) in [5.41, 5.74) is 1.08. The molecule has 1 amide bonds. The zero-order valence-corrected chi connectivity index (χ0v) is 25.3. The number of hydrogen-bond donors (Lipinski definition) is 1. The Bertz CT molecular complexity index is 1640. The van der Waals surface area contributed by atoms with Crippen molar-refractivity contribution in [1.29, 1.82) is 0 Å². The van der Waals surface area contributed by atoms with E-state index in [1.54, 1.807) is 12.1 Å². The number of sulfonamides is 2. The minimum Gasteiger partial charge on any atom is -0.495 e. The van der Waals surface area contributed by atoms with Crippen LogP contribution in [0, 0.1) is 6.92 Å². The number of aryl methyl sites for hydroxylation is 1. The van der Waals surface area contributed by atoms with Gasteiger partial charge >= 0.3 is 0 Å². The summed E-state index contributed by atoms with van der Waals surface area (Å²) in [5.74, 6) is 0.103. The molecule has 0 saturated carbocycles. The third-order valence-corrected chi connectivity index (χ3v) is 10.3. The van der Waals surface area contributed by atoms with Crippen molar-refractivity contribution in [3.05, 3.63) is 66.2 Å². The summed E-state index contributed by atoms with van der Waals surface area (Å²) >= 11 is 0. The molecule has 3 aromatic carbocycles. The van der Waals surface area contributed by atoms with E-state index in [1.165, 1.54) is 74.2 Å². The molecule has 0 atom stereocenters. The van der Waals surface area contributed by atoms with Crippen LogP contribution in [-0.2, 0) is 29.6 Å². The minimum atomic E-state index is -4.23. The Kier molecular flexibility index (Phi) is 9.61. The molecule has 1 aliphatic rings. The Balaban J connectivity index is 1.69. The molecule has 42 heavy (non-hydrogen) atoms. The molecule has 1 saturated heterocycles. The fourth-order valence-electron chi connectivity index (χ4n) is 4.33. The number of rotatable bonds is 11. The van der Waals surface area contributed by atoms with Crippen LogP contribution in [0.2, 0.25) is 0 Å². The van der Waals surface area contributed by atoms with Gasteiger partial charge in [-0.2, -0.15) is 4.31 Å². The summed E-state index contributed by atoms with van der Waals surface area (Å²) in [5, 5.41) is 2.63. The highest BCUT2D eigenvalue weighted by atomic mass is 32.2. The molecule has 12 nitrogen and oxygen atoms in total. The lowest BCUT2D eigenvalue weighted by Gasteiger charge is -2.26. The van der Waals surface area contributed by atoms with Gasteiger partial charge in [-0.1, -0.05) is 17.7 Å². The number of benzene rings is 3. The van der Waals surface area contributed by atoms with E-state index in [9.17, 15) is 21.6 Å². The summed E-state index contributed by atoms with van der Waals surface area (Å²) < 4.78 is 77.6. The molecule has 0 unspecified atom stereocenters. The van der Waals surface area contributed by atoms with Gasteiger partial charge in [0, 0.05) is 19.2 Å². The summed E-state index contributed by atoms with van der Waals surface area (Å²) in [6.07, 6.45) is 0. The average molecular weight is 620 g/mol. The molecule has 0 aromatic heterocycles. The SMILES string of the molecule is COc1ccc(S(=O)(=O)N2CCOCC2)cc1NC(=O)CN(c1ccc(OC)c(OC)c1)S(=O)(=O)c1ccc(C)cc1. The van der Waals surface area contributed by atoms with Gasteiger partial charge in [-0.25, -0.2) is 16.8 Å². The first-order chi connectivity index (χ1) is 20.0. The van der Waals surface area contributed by atoms with E-state index >= 15 is 0 Å². The average Bonchev–Trinajstić information content (AvgIpc) is 3.00. The third kappa shape index (κ3) is 6.62. The van der Waals surface area contributed by atoms with Gasteiger partial charge in [-0.05, 0) is 49.4 Å². The van der Waals surface area contributed by atoms with E-state index in [1.807, 2.05) is 6.92 Å². The highest BCUT2D eigenvalue weighted by molar-refractivity contribution is 7.92. The van der Waals surface area contributed by atoms with Crippen LogP contribution in [-0.4, -0.2) is 81.2 Å². The van der Waals surface area contributed by atoms with Crippen LogP contribution in [0.4, 0.5) is 11.4 Å². The molecule has 0 bridgehead atoms. The second-order valence-corrected chi connectivity index (χ2v) is 13.1. The number of methoxy groups -OCH3 is 3. The number of amides is 1. The van der Waals surface area contributed by atoms with Crippen molar-refractivity contribution < 1.29 is 40.6 Å². The van der Waals surface area contributed by atoms with Crippen molar-refractivity contribution >= 4 is 37.3 Å². The van der Waals surface area contributed by atoms with Crippen molar-refractivity contribution in [3.8, 4) is 17.2 Å². The van der Waals surface area contributed by atoms with Crippen LogP contribution in [0.25, 0.3) is 0 Å². The lowest BCUT2D eigenvalue weighted by atomic mass is 10.2.